The molecule has 0 radical (unpaired) electrons. The van der Waals surface area contributed by atoms with Crippen molar-refractivity contribution in [2.75, 3.05) is 68.1 Å². The first-order valence-corrected chi connectivity index (χ1v) is 40.8. The van der Waals surface area contributed by atoms with E-state index in [-0.39, 0.29) is 0 Å². The van der Waals surface area contributed by atoms with Crippen LogP contribution in [0.3, 0.4) is 0 Å². The molecule has 0 fully saturated rings. The van der Waals surface area contributed by atoms with E-state index in [0.717, 1.165) is 101 Å². The van der Waals surface area contributed by atoms with Gasteiger partial charge in [-0.15, -0.1) is 70.1 Å². The maximum atomic E-state index is 5.42. The van der Waals surface area contributed by atoms with E-state index in [4.69, 9.17) is 42.3 Å². The normalized spacial score (nSPS) is 13.9. The van der Waals surface area contributed by atoms with Crippen LogP contribution in [0, 0.1) is 0 Å². The number of para-hydroxylation sites is 10. The van der Waals surface area contributed by atoms with E-state index in [1.807, 2.05) is 223 Å². The van der Waals surface area contributed by atoms with Crippen molar-refractivity contribution in [1.82, 2.24) is 4.98 Å². The van der Waals surface area contributed by atoms with Crippen LogP contribution in [0.1, 0.15) is 17.5 Å². The summed E-state index contributed by atoms with van der Waals surface area (Å²) in [6, 6.07) is 95.9. The number of rotatable bonds is 0. The molecule has 0 spiro atoms. The van der Waals surface area contributed by atoms with Crippen molar-refractivity contribution < 1.29 is 42.3 Å². The number of aromatic amines is 1. The Labute approximate surface area is 632 Å². The lowest BCUT2D eigenvalue weighted by atomic mass is 10.1. The monoisotopic (exact) mass is 1490 g/mol. The van der Waals surface area contributed by atoms with Gasteiger partial charge >= 0.3 is 0 Å². The van der Waals surface area contributed by atoms with Gasteiger partial charge in [-0.05, 0) is 161 Å². The SMILES string of the molecule is c1ccc2[nH]ccc2c1.c1ccc2c(c1)CCCO2.c1ccc2c(c1)CCO2.c1ccc2c(c1)OCCO2.c1ccc2c(c1)OCCS2.c1ccc2c(c1)OCO2.c1ccc2c(c1)OCS2.c1ccc2c(c1)SCCS2.c1ccc2c(c1)SCS2.c1ccc2occc2c1.c1ccc2sccc2c1. The topological polar surface area (TPSA) is 103 Å². The summed E-state index contributed by atoms with van der Waals surface area (Å²) in [7, 11) is 0. The first-order valence-electron chi connectivity index (χ1n) is 34.0. The summed E-state index contributed by atoms with van der Waals surface area (Å²) >= 11 is 13.2. The molecule has 11 aromatic carbocycles. The van der Waals surface area contributed by atoms with Gasteiger partial charge in [-0.3, -0.25) is 0 Å². The van der Waals surface area contributed by atoms with Gasteiger partial charge in [-0.1, -0.05) is 176 Å². The number of thioether (sulfide) groups is 6. The highest BCUT2D eigenvalue weighted by Gasteiger charge is 2.14. The Hall–Kier alpha value is -9.04. The predicted octanol–water partition coefficient (Wildman–Crippen LogP) is 24.0. The fourth-order valence-electron chi connectivity index (χ4n) is 10.7. The molecule has 0 saturated heterocycles. The van der Waals surface area contributed by atoms with Crippen molar-refractivity contribution in [2.45, 2.75) is 48.6 Å². The largest absolute Gasteiger partial charge is 0.493 e. The first kappa shape index (κ1) is 73.7. The molecule has 0 amide bonds. The summed E-state index contributed by atoms with van der Waals surface area (Å²) in [4.78, 5) is 11.5. The minimum atomic E-state index is 0.360. The highest BCUT2D eigenvalue weighted by molar-refractivity contribution is 8.18. The number of thiophene rings is 1. The van der Waals surface area contributed by atoms with Gasteiger partial charge in [0.1, 0.15) is 47.7 Å². The predicted molar refractivity (Wildman–Crippen MR) is 434 cm³/mol. The summed E-state index contributed by atoms with van der Waals surface area (Å²) in [5, 5.41) is 7.10. The van der Waals surface area contributed by atoms with Crippen molar-refractivity contribution in [2.24, 2.45) is 0 Å². The van der Waals surface area contributed by atoms with Crippen LogP contribution in [0.15, 0.2) is 337 Å². The highest BCUT2D eigenvalue weighted by Crippen LogP contribution is 2.41. The van der Waals surface area contributed by atoms with E-state index >= 15 is 0 Å². The van der Waals surface area contributed by atoms with Crippen molar-refractivity contribution in [3.8, 4) is 46.0 Å². The van der Waals surface area contributed by atoms with Crippen LogP contribution in [0.5, 0.6) is 46.0 Å². The molecule has 1 N–H and O–H groups in total. The Balaban J connectivity index is 0.000000107. The van der Waals surface area contributed by atoms with Gasteiger partial charge in [0.25, 0.3) is 0 Å². The molecule has 10 nitrogen and oxygen atoms in total. The Morgan fingerprint density at radius 1 is 0.291 bits per heavy atom. The third kappa shape index (κ3) is 23.2. The summed E-state index contributed by atoms with van der Waals surface area (Å²) in [5.41, 5.74) is 4.86. The van der Waals surface area contributed by atoms with E-state index in [1.165, 1.54) is 84.5 Å². The molecule has 14 aromatic rings. The first-order chi connectivity index (χ1) is 51.1. The molecule has 0 bridgehead atoms. The minimum Gasteiger partial charge on any atom is -0.493 e. The number of hydrogen-bond acceptors (Lipinski definition) is 16. The number of furan rings is 1. The van der Waals surface area contributed by atoms with Gasteiger partial charge in [0.2, 0.25) is 6.79 Å². The number of fused-ring (bicyclic) bond motifs is 11. The second kappa shape index (κ2) is 41.3. The lowest BCUT2D eigenvalue weighted by Crippen LogP contribution is -2.14. The Morgan fingerprint density at radius 3 is 1.33 bits per heavy atom. The summed E-state index contributed by atoms with van der Waals surface area (Å²) in [5.74, 6) is 12.0. The zero-order valence-corrected chi connectivity index (χ0v) is 62.5. The van der Waals surface area contributed by atoms with Crippen LogP contribution < -0.4 is 37.9 Å². The van der Waals surface area contributed by atoms with Crippen molar-refractivity contribution in [1.29, 1.82) is 0 Å². The average Bonchev–Trinajstić information content (AvgIpc) is 1.83. The lowest BCUT2D eigenvalue weighted by Gasteiger charge is -2.17. The summed E-state index contributed by atoms with van der Waals surface area (Å²) < 4.78 is 48.6. The number of aromatic nitrogens is 1. The molecule has 0 unspecified atom stereocenters. The van der Waals surface area contributed by atoms with Crippen molar-refractivity contribution in [3.05, 3.63) is 314 Å². The standard InChI is InChI=1S/C9H10O.C8H7N.C8H8O2.C8H8OS.C8H8O.C8H6O.C8H8S2.C8H6S.C7H6O2.C7H6OS.C7H6S2/c1-2-6-9-8(4-1)5-3-7-10-9;1-2-4-8-7(3-1)5-6-9-8;2*1-2-4-8-7(3-1)9-5-6-10-8;2*1-2-4-8-7(3-1)5-6-9-8;1-2-4-8-7(3-1)9-5-6-10-8;1-2-4-8-7(3-1)5-6-9-8;3*1-2-4-7-6(3-1)8-5-9-7/h1-2,4,6H,3,5,7H2;1-6,9H;2*1-4H,5-6H2;1-4H,5-6H2;1-6H;1-4H,5-6H2;1-6H;3*1-4H,5H2. The number of hydrogen-bond donors (Lipinski definition) is 1. The molecule has 8 aliphatic rings. The van der Waals surface area contributed by atoms with E-state index < -0.39 is 0 Å². The van der Waals surface area contributed by atoms with Crippen LogP contribution in [-0.4, -0.2) is 73.1 Å². The summed E-state index contributed by atoms with van der Waals surface area (Å²) in [6.07, 6.45) is 7.07. The van der Waals surface area contributed by atoms with E-state index in [1.54, 1.807) is 29.4 Å². The number of benzene rings is 11. The zero-order chi connectivity index (χ0) is 70.0. The molecule has 11 heterocycles. The van der Waals surface area contributed by atoms with Crippen molar-refractivity contribution >= 4 is 114 Å². The quantitative estimate of drug-likeness (QED) is 0.156. The highest BCUT2D eigenvalue weighted by atomic mass is 32.2. The Bertz CT molecular complexity index is 3990. The van der Waals surface area contributed by atoms with Crippen LogP contribution in [0.25, 0.3) is 32.0 Å². The molecule has 8 aliphatic heterocycles. The smallest absolute Gasteiger partial charge is 0.231 e. The van der Waals surface area contributed by atoms with Crippen LogP contribution in [-0.2, 0) is 12.8 Å². The van der Waals surface area contributed by atoms with E-state index in [0.29, 0.717) is 20.0 Å². The molecular formula is C86H79NO9S7. The Morgan fingerprint density at radius 2 is 0.748 bits per heavy atom. The molecular weight excluding hydrogens is 1420 g/mol. The maximum absolute atomic E-state index is 5.42. The van der Waals surface area contributed by atoms with Gasteiger partial charge in [0.15, 0.2) is 23.0 Å². The van der Waals surface area contributed by atoms with Crippen LogP contribution >= 0.6 is 81.9 Å². The third-order valence-electron chi connectivity index (χ3n) is 15.8. The second-order valence-corrected chi connectivity index (χ2v) is 30.5. The number of nitrogens with one attached hydrogen (secondary N) is 1. The fourth-order valence-corrected chi connectivity index (χ4v) is 17.7. The number of H-pyrrole nitrogens is 1. The number of ether oxygens (including phenoxy) is 8. The van der Waals surface area contributed by atoms with Gasteiger partial charge in [0, 0.05) is 75.0 Å². The minimum absolute atomic E-state index is 0.360. The molecule has 0 aliphatic carbocycles. The third-order valence-corrected chi connectivity index (χ3v) is 23.5. The molecule has 22 rings (SSSR count). The molecule has 17 heteroatoms. The van der Waals surface area contributed by atoms with Crippen LogP contribution in [0.4, 0.5) is 0 Å². The fraction of sp³-hybridized carbons (Fsp3) is 0.163. The molecule has 3 aromatic heterocycles. The average molecular weight is 1500 g/mol. The zero-order valence-electron chi connectivity index (χ0n) is 56.8. The van der Waals surface area contributed by atoms with Gasteiger partial charge < -0.3 is 47.3 Å². The van der Waals surface area contributed by atoms with Gasteiger partial charge in [0.05, 0.1) is 31.0 Å². The summed E-state index contributed by atoms with van der Waals surface area (Å²) in [6.45, 7) is 4.28. The van der Waals surface area contributed by atoms with Gasteiger partial charge in [-0.25, -0.2) is 0 Å². The number of aryl methyl sites for hydroxylation is 1. The lowest BCUT2D eigenvalue weighted by molar-refractivity contribution is 0.171. The Kier molecular flexibility index (Phi) is 29.6. The molecule has 0 saturated carbocycles. The van der Waals surface area contributed by atoms with E-state index in [9.17, 15) is 0 Å². The second-order valence-electron chi connectivity index (χ2n) is 22.7. The van der Waals surface area contributed by atoms with Gasteiger partial charge in [-0.2, -0.15) is 0 Å². The molecule has 0 atom stereocenters. The van der Waals surface area contributed by atoms with Crippen molar-refractivity contribution in [3.63, 3.8) is 0 Å². The van der Waals surface area contributed by atoms with Crippen LogP contribution in [0.2, 0.25) is 0 Å². The molecule has 103 heavy (non-hydrogen) atoms. The maximum Gasteiger partial charge on any atom is 0.231 e. The van der Waals surface area contributed by atoms with E-state index in [2.05, 4.69) is 138 Å². The molecule has 524 valence electrons.